The molecule has 3 atom stereocenters. The molecule has 0 saturated carbocycles. The monoisotopic (exact) mass is 775 g/mol. The number of benzene rings is 3. The Morgan fingerprint density at radius 2 is 1.67 bits per heavy atom. The minimum Gasteiger partial charge on any atom is -0.497 e. The van der Waals surface area contributed by atoms with E-state index in [1.54, 1.807) is 20.4 Å². The van der Waals surface area contributed by atoms with Crippen LogP contribution in [0.2, 0.25) is 0 Å². The maximum absolute atomic E-state index is 13.8. The SMILES string of the molecule is COC(=O)N[C@H](C(=O)N1CCCC1c1ncc(-c2ccc3c(c2)OC(c2cc(OC)cc(OC)c2)n2c-3cc3cc(B4OC(C)(C)C(C)(C)O4)ccc32)[nH]1)C(C)C. The molecule has 0 bridgehead atoms. The number of alkyl carbamates (subject to hydrolysis) is 1. The van der Waals surface area contributed by atoms with Gasteiger partial charge in [-0.25, -0.2) is 9.78 Å². The molecule has 2 amide bonds. The molecular weight excluding hydrogens is 725 g/mol. The zero-order valence-electron chi connectivity index (χ0n) is 34.0. The van der Waals surface area contributed by atoms with Crippen LogP contribution in [0.25, 0.3) is 33.4 Å². The number of methoxy groups -OCH3 is 3. The van der Waals surface area contributed by atoms with E-state index >= 15 is 0 Å². The fourth-order valence-electron chi connectivity index (χ4n) is 8.05. The van der Waals surface area contributed by atoms with E-state index < -0.39 is 36.7 Å². The van der Waals surface area contributed by atoms with Crippen LogP contribution in [0.5, 0.6) is 17.2 Å². The van der Waals surface area contributed by atoms with E-state index in [2.05, 4.69) is 79.0 Å². The number of carbonyl (C=O) groups is 2. The highest BCUT2D eigenvalue weighted by atomic mass is 16.7. The third-order valence-electron chi connectivity index (χ3n) is 11.9. The van der Waals surface area contributed by atoms with Gasteiger partial charge in [0.25, 0.3) is 0 Å². The Kier molecular flexibility index (Phi) is 9.76. The van der Waals surface area contributed by atoms with Crippen molar-refractivity contribution in [2.24, 2.45) is 5.92 Å². The number of hydrogen-bond acceptors (Lipinski definition) is 9. The highest BCUT2D eigenvalue weighted by Gasteiger charge is 2.52. The molecule has 2 unspecified atom stereocenters. The number of carbonyl (C=O) groups excluding carboxylic acids is 2. The molecule has 3 aliphatic heterocycles. The van der Waals surface area contributed by atoms with E-state index in [9.17, 15) is 9.59 Å². The molecule has 2 aromatic heterocycles. The zero-order chi connectivity index (χ0) is 40.4. The first-order chi connectivity index (χ1) is 27.2. The van der Waals surface area contributed by atoms with Crippen LogP contribution in [0, 0.1) is 5.92 Å². The van der Waals surface area contributed by atoms with E-state index in [4.69, 9.17) is 33.2 Å². The zero-order valence-corrected chi connectivity index (χ0v) is 34.0. The van der Waals surface area contributed by atoms with Gasteiger partial charge in [-0.05, 0) is 88.3 Å². The van der Waals surface area contributed by atoms with Crippen LogP contribution in [0.1, 0.15) is 78.0 Å². The smallest absolute Gasteiger partial charge is 0.494 e. The Hall–Kier alpha value is -5.47. The summed E-state index contributed by atoms with van der Waals surface area (Å²) < 4.78 is 38.2. The molecule has 2 saturated heterocycles. The molecular formula is C43H50BN5O8. The maximum Gasteiger partial charge on any atom is 0.494 e. The number of nitrogens with zero attached hydrogens (tertiary/aromatic N) is 3. The van der Waals surface area contributed by atoms with Crippen LogP contribution < -0.4 is 25.0 Å². The number of rotatable bonds is 9. The van der Waals surface area contributed by atoms with E-state index in [-0.39, 0.29) is 17.9 Å². The quantitative estimate of drug-likeness (QED) is 0.152. The summed E-state index contributed by atoms with van der Waals surface area (Å²) in [6.07, 6.45) is 2.18. The summed E-state index contributed by atoms with van der Waals surface area (Å²) >= 11 is 0. The van der Waals surface area contributed by atoms with Crippen LogP contribution >= 0.6 is 0 Å². The van der Waals surface area contributed by atoms with Gasteiger partial charge in [-0.1, -0.05) is 32.0 Å². The number of nitrogens with one attached hydrogen (secondary N) is 2. The summed E-state index contributed by atoms with van der Waals surface area (Å²) in [5, 5.41) is 3.74. The fourth-order valence-corrected chi connectivity index (χ4v) is 8.05. The number of imidazole rings is 1. The molecule has 0 aliphatic carbocycles. The lowest BCUT2D eigenvalue weighted by molar-refractivity contribution is -0.135. The first kappa shape index (κ1) is 38.4. The van der Waals surface area contributed by atoms with Crippen LogP contribution in [0.3, 0.4) is 0 Å². The van der Waals surface area contributed by atoms with Crippen molar-refractivity contribution in [1.29, 1.82) is 0 Å². The summed E-state index contributed by atoms with van der Waals surface area (Å²) in [5.41, 5.74) is 5.46. The van der Waals surface area contributed by atoms with Crippen LogP contribution in [-0.2, 0) is 18.8 Å². The molecule has 298 valence electrons. The Bertz CT molecular complexity index is 2310. The van der Waals surface area contributed by atoms with Crippen molar-refractivity contribution in [3.63, 3.8) is 0 Å². The lowest BCUT2D eigenvalue weighted by Crippen LogP contribution is -2.51. The van der Waals surface area contributed by atoms with E-state index in [0.717, 1.165) is 57.3 Å². The van der Waals surface area contributed by atoms with Crippen molar-refractivity contribution in [2.45, 2.75) is 83.9 Å². The number of likely N-dealkylation sites (tertiary alicyclic amines) is 1. The molecule has 3 aliphatic rings. The molecule has 5 aromatic rings. The van der Waals surface area contributed by atoms with Gasteiger partial charge in [-0.3, -0.25) is 4.79 Å². The Morgan fingerprint density at radius 1 is 0.947 bits per heavy atom. The molecule has 5 heterocycles. The van der Waals surface area contributed by atoms with Gasteiger partial charge in [0.15, 0.2) is 0 Å². The molecule has 0 spiro atoms. The molecule has 8 rings (SSSR count). The largest absolute Gasteiger partial charge is 0.497 e. The first-order valence-corrected chi connectivity index (χ1v) is 19.5. The summed E-state index contributed by atoms with van der Waals surface area (Å²) in [4.78, 5) is 35.9. The van der Waals surface area contributed by atoms with Crippen LogP contribution in [-0.4, -0.2) is 83.7 Å². The molecule has 0 radical (unpaired) electrons. The third kappa shape index (κ3) is 6.78. The topological polar surface area (TPSA) is 138 Å². The Labute approximate surface area is 333 Å². The standard InChI is InChI=1S/C43H50BN5O8/c1-24(2)37(47-41(51)54-9)39(50)48-16-10-11-34(48)38-45-23-32(46-38)25-12-14-31-35-20-26-17-28(44-56-42(3,4)43(5,6)57-44)13-15-33(26)49(35)40(55-36(31)21-25)27-18-29(52-7)22-30(19-27)53-8/h12-15,17-24,34,37,40H,10-11,16H2,1-9H3,(H,45,46)(H,47,51)/t34?,37-,40?/m0/s1. The lowest BCUT2D eigenvalue weighted by Gasteiger charge is -2.32. The van der Waals surface area contributed by atoms with Crippen molar-refractivity contribution in [3.8, 4) is 39.8 Å². The molecule has 3 aromatic carbocycles. The highest BCUT2D eigenvalue weighted by Crippen LogP contribution is 2.47. The van der Waals surface area contributed by atoms with E-state index in [1.165, 1.54) is 7.11 Å². The van der Waals surface area contributed by atoms with Crippen molar-refractivity contribution in [3.05, 3.63) is 78.2 Å². The summed E-state index contributed by atoms with van der Waals surface area (Å²) in [7, 11) is 4.07. The lowest BCUT2D eigenvalue weighted by atomic mass is 9.78. The average Bonchev–Trinajstić information content (AvgIpc) is 4.00. The van der Waals surface area contributed by atoms with Gasteiger partial charge in [0.1, 0.15) is 29.1 Å². The van der Waals surface area contributed by atoms with Crippen molar-refractivity contribution < 1.29 is 37.8 Å². The molecule has 57 heavy (non-hydrogen) atoms. The highest BCUT2D eigenvalue weighted by molar-refractivity contribution is 6.62. The second-order valence-electron chi connectivity index (χ2n) is 16.4. The normalized spacial score (nSPS) is 19.9. The second-order valence-corrected chi connectivity index (χ2v) is 16.4. The Morgan fingerprint density at radius 3 is 2.33 bits per heavy atom. The number of hydrogen-bond donors (Lipinski definition) is 2. The predicted octanol–water partition coefficient (Wildman–Crippen LogP) is 7.00. The van der Waals surface area contributed by atoms with Gasteiger partial charge in [-0.2, -0.15) is 0 Å². The predicted molar refractivity (Wildman–Crippen MR) is 217 cm³/mol. The number of aromatic nitrogens is 3. The minimum absolute atomic E-state index is 0.127. The van der Waals surface area contributed by atoms with E-state index in [0.29, 0.717) is 29.6 Å². The minimum atomic E-state index is -0.714. The second kappa shape index (κ2) is 14.5. The first-order valence-electron chi connectivity index (χ1n) is 19.5. The maximum atomic E-state index is 13.8. The number of aromatic amines is 1. The average molecular weight is 776 g/mol. The van der Waals surface area contributed by atoms with E-state index in [1.807, 2.05) is 43.0 Å². The van der Waals surface area contributed by atoms with Gasteiger partial charge in [0.2, 0.25) is 12.1 Å². The van der Waals surface area contributed by atoms with Gasteiger partial charge in [-0.15, -0.1) is 0 Å². The Balaban J connectivity index is 1.16. The number of ether oxygens (including phenoxy) is 4. The van der Waals surface area contributed by atoms with Gasteiger partial charge < -0.3 is 48.0 Å². The van der Waals surface area contributed by atoms with Gasteiger partial charge in [0.05, 0.1) is 61.7 Å². The number of H-pyrrole nitrogens is 1. The van der Waals surface area contributed by atoms with Crippen LogP contribution in [0.4, 0.5) is 4.79 Å². The molecule has 14 heteroatoms. The van der Waals surface area contributed by atoms with Gasteiger partial charge in [0, 0.05) is 34.7 Å². The summed E-state index contributed by atoms with van der Waals surface area (Å²) in [6, 6.07) is 19.5. The van der Waals surface area contributed by atoms with Crippen molar-refractivity contribution in [2.75, 3.05) is 27.9 Å². The molecule has 2 fully saturated rings. The number of fused-ring (bicyclic) bond motifs is 5. The third-order valence-corrected chi connectivity index (χ3v) is 11.9. The summed E-state index contributed by atoms with van der Waals surface area (Å²) in [6.45, 7) is 12.6. The summed E-state index contributed by atoms with van der Waals surface area (Å²) in [5.74, 6) is 2.41. The molecule has 13 nitrogen and oxygen atoms in total. The van der Waals surface area contributed by atoms with Crippen LogP contribution in [0.15, 0.2) is 66.9 Å². The van der Waals surface area contributed by atoms with Crippen molar-refractivity contribution in [1.82, 2.24) is 24.8 Å². The molecule has 2 N–H and O–H groups in total. The fraction of sp³-hybridized carbons (Fsp3) is 0.419. The van der Waals surface area contributed by atoms with Crippen molar-refractivity contribution >= 4 is 35.5 Å². The number of amides is 2. The van der Waals surface area contributed by atoms with Gasteiger partial charge >= 0.3 is 13.2 Å².